The van der Waals surface area contributed by atoms with Crippen LogP contribution in [0.1, 0.15) is 25.0 Å². The monoisotopic (exact) mass is 370 g/mol. The molecule has 6 heteroatoms. The van der Waals surface area contributed by atoms with E-state index in [1.54, 1.807) is 10.0 Å². The summed E-state index contributed by atoms with van der Waals surface area (Å²) in [5.74, 6) is 0. The molecule has 0 amide bonds. The Labute approximate surface area is 158 Å². The minimum absolute atomic E-state index is 0.776. The number of rotatable bonds is 6. The summed E-state index contributed by atoms with van der Waals surface area (Å²) >= 11 is 0. The summed E-state index contributed by atoms with van der Waals surface area (Å²) in [5.41, 5.74) is 3.88. The van der Waals surface area contributed by atoms with Crippen LogP contribution in [0.4, 0.5) is 0 Å². The first kappa shape index (κ1) is 19.8. The largest absolute Gasteiger partial charge is 0.303 e. The molecule has 0 aliphatic carbocycles. The Balaban J connectivity index is 2.19. The summed E-state index contributed by atoms with van der Waals surface area (Å²) in [6, 6.07) is 15.4. The second kappa shape index (κ2) is 8.76. The van der Waals surface area contributed by atoms with Crippen LogP contribution < -0.4 is 0 Å². The predicted octanol–water partition coefficient (Wildman–Crippen LogP) is 3.42. The lowest BCUT2D eigenvalue weighted by Crippen LogP contribution is -2.07. The van der Waals surface area contributed by atoms with E-state index in [-0.39, 0.29) is 0 Å². The number of nitrogens with zero attached hydrogens (tertiary/aromatic N) is 4. The van der Waals surface area contributed by atoms with Crippen LogP contribution in [0, 0.1) is 0 Å². The van der Waals surface area contributed by atoms with E-state index in [9.17, 15) is 4.21 Å². The van der Waals surface area contributed by atoms with Gasteiger partial charge in [-0.1, -0.05) is 24.3 Å². The molecule has 2 aromatic rings. The molecule has 0 radical (unpaired) electrons. The van der Waals surface area contributed by atoms with Crippen LogP contribution in [-0.4, -0.2) is 53.8 Å². The lowest BCUT2D eigenvalue weighted by atomic mass is 10.1. The third kappa shape index (κ3) is 5.26. The molecule has 0 saturated carbocycles. The molecule has 138 valence electrons. The van der Waals surface area contributed by atoms with Crippen LogP contribution in [0.15, 0.2) is 68.5 Å². The van der Waals surface area contributed by atoms with Crippen LogP contribution in [0.5, 0.6) is 0 Å². The molecule has 0 aromatic heterocycles. The summed E-state index contributed by atoms with van der Waals surface area (Å²) in [4.78, 5) is 1.55. The zero-order chi connectivity index (χ0) is 19.3. The quantitative estimate of drug-likeness (QED) is 0.578. The Morgan fingerprint density at radius 3 is 1.27 bits per heavy atom. The van der Waals surface area contributed by atoms with Gasteiger partial charge in [-0.3, -0.25) is 0 Å². The van der Waals surface area contributed by atoms with Crippen molar-refractivity contribution in [1.82, 2.24) is 10.0 Å². The van der Waals surface area contributed by atoms with Crippen LogP contribution in [0.3, 0.4) is 0 Å². The van der Waals surface area contributed by atoms with Gasteiger partial charge in [0.25, 0.3) is 0 Å². The van der Waals surface area contributed by atoms with Crippen molar-refractivity contribution in [3.63, 3.8) is 0 Å². The van der Waals surface area contributed by atoms with Crippen LogP contribution in [-0.2, 0) is 10.8 Å². The van der Waals surface area contributed by atoms with Crippen molar-refractivity contribution in [3.05, 3.63) is 59.7 Å². The normalized spacial score (nSPS) is 13.5. The average Bonchev–Trinajstić information content (AvgIpc) is 2.60. The van der Waals surface area contributed by atoms with Gasteiger partial charge >= 0.3 is 0 Å². The van der Waals surface area contributed by atoms with E-state index in [0.717, 1.165) is 32.3 Å². The van der Waals surface area contributed by atoms with E-state index < -0.39 is 10.8 Å². The summed E-state index contributed by atoms with van der Waals surface area (Å²) in [5, 5.41) is 12.3. The fraction of sp³-hybridized carbons (Fsp3) is 0.300. The number of benzene rings is 2. The minimum Gasteiger partial charge on any atom is -0.303 e. The van der Waals surface area contributed by atoms with Crippen molar-refractivity contribution in [2.24, 2.45) is 10.2 Å². The van der Waals surface area contributed by atoms with Gasteiger partial charge in [-0.05, 0) is 49.2 Å². The maximum absolute atomic E-state index is 12.8. The molecule has 0 N–H and O–H groups in total. The third-order valence-electron chi connectivity index (χ3n) is 3.67. The molecule has 0 saturated heterocycles. The molecular formula is C20H26N4OS. The van der Waals surface area contributed by atoms with Gasteiger partial charge in [0.05, 0.1) is 22.2 Å². The maximum atomic E-state index is 12.8. The Kier molecular flexibility index (Phi) is 6.69. The summed E-state index contributed by atoms with van der Waals surface area (Å²) in [6.45, 7) is 3.92. The Hall–Kier alpha value is -2.47. The second-order valence-electron chi connectivity index (χ2n) is 6.38. The van der Waals surface area contributed by atoms with Gasteiger partial charge in [-0.25, -0.2) is 4.21 Å². The van der Waals surface area contributed by atoms with Crippen molar-refractivity contribution in [2.45, 2.75) is 23.6 Å². The highest BCUT2D eigenvalue weighted by atomic mass is 32.2. The van der Waals surface area contributed by atoms with Gasteiger partial charge in [-0.2, -0.15) is 10.2 Å². The van der Waals surface area contributed by atoms with Gasteiger partial charge in [0.15, 0.2) is 0 Å². The number of hydrazone groups is 2. The Morgan fingerprint density at radius 1 is 0.692 bits per heavy atom. The minimum atomic E-state index is -1.21. The first-order valence-corrected chi connectivity index (χ1v) is 9.50. The molecule has 0 aliphatic heterocycles. The molecule has 0 fully saturated rings. The second-order valence-corrected chi connectivity index (χ2v) is 7.86. The van der Waals surface area contributed by atoms with Gasteiger partial charge in [0.1, 0.15) is 0 Å². The molecule has 5 nitrogen and oxygen atoms in total. The predicted molar refractivity (Wildman–Crippen MR) is 109 cm³/mol. The van der Waals surface area contributed by atoms with Crippen LogP contribution >= 0.6 is 0 Å². The Morgan fingerprint density at radius 2 is 1.00 bits per heavy atom. The van der Waals surface area contributed by atoms with Crippen LogP contribution in [0.2, 0.25) is 0 Å². The first-order valence-electron chi connectivity index (χ1n) is 8.35. The van der Waals surface area contributed by atoms with Crippen molar-refractivity contribution in [2.75, 3.05) is 28.2 Å². The van der Waals surface area contributed by atoms with E-state index in [1.807, 2.05) is 90.6 Å². The molecule has 2 rings (SSSR count). The molecule has 0 heterocycles. The summed E-state index contributed by atoms with van der Waals surface area (Å²) < 4.78 is 12.8. The lowest BCUT2D eigenvalue weighted by Gasteiger charge is -2.09. The van der Waals surface area contributed by atoms with E-state index in [1.165, 1.54) is 0 Å². The zero-order valence-corrected chi connectivity index (χ0v) is 17.0. The molecule has 0 unspecified atom stereocenters. The highest BCUT2D eigenvalue weighted by molar-refractivity contribution is 7.85. The van der Waals surface area contributed by atoms with Gasteiger partial charge < -0.3 is 10.0 Å². The molecule has 0 bridgehead atoms. The fourth-order valence-corrected chi connectivity index (χ4v) is 3.53. The molecular weight excluding hydrogens is 344 g/mol. The van der Waals surface area contributed by atoms with Crippen molar-refractivity contribution < 1.29 is 4.21 Å². The third-order valence-corrected chi connectivity index (χ3v) is 5.07. The molecule has 2 aromatic carbocycles. The van der Waals surface area contributed by atoms with E-state index in [2.05, 4.69) is 10.2 Å². The van der Waals surface area contributed by atoms with E-state index >= 15 is 0 Å². The molecule has 0 spiro atoms. The van der Waals surface area contributed by atoms with Crippen molar-refractivity contribution in [3.8, 4) is 0 Å². The molecule has 0 aliphatic rings. The van der Waals surface area contributed by atoms with E-state index in [0.29, 0.717) is 0 Å². The highest BCUT2D eigenvalue weighted by Crippen LogP contribution is 2.18. The van der Waals surface area contributed by atoms with Crippen LogP contribution in [0.25, 0.3) is 0 Å². The summed E-state index contributed by atoms with van der Waals surface area (Å²) in [6.07, 6.45) is 0. The smallest absolute Gasteiger partial charge is 0.0849 e. The Bertz CT molecular complexity index is 752. The van der Waals surface area contributed by atoms with Gasteiger partial charge in [0, 0.05) is 38.0 Å². The maximum Gasteiger partial charge on any atom is 0.0849 e. The van der Waals surface area contributed by atoms with Crippen molar-refractivity contribution in [1.29, 1.82) is 0 Å². The standard InChI is InChI=1S/C20H26N4OS/c1-15(21-23(3)4)17-7-11-19(12-8-17)26(25)20-13-9-18(10-14-20)16(2)22-24(5)6/h7-14H,1-6H3/b21-15-,22-16-. The van der Waals surface area contributed by atoms with Crippen molar-refractivity contribution >= 4 is 22.2 Å². The summed E-state index contributed by atoms with van der Waals surface area (Å²) in [7, 11) is 6.35. The van der Waals surface area contributed by atoms with Gasteiger partial charge in [-0.15, -0.1) is 0 Å². The number of hydrogen-bond donors (Lipinski definition) is 0. The van der Waals surface area contributed by atoms with Gasteiger partial charge in [0.2, 0.25) is 0 Å². The first-order chi connectivity index (χ1) is 12.3. The lowest BCUT2D eigenvalue weighted by molar-refractivity contribution is 0.437. The topological polar surface area (TPSA) is 48.3 Å². The molecule has 0 atom stereocenters. The number of hydrogen-bond acceptors (Lipinski definition) is 5. The molecule has 26 heavy (non-hydrogen) atoms. The highest BCUT2D eigenvalue weighted by Gasteiger charge is 2.09. The average molecular weight is 371 g/mol. The fourth-order valence-electron chi connectivity index (χ4n) is 2.49. The van der Waals surface area contributed by atoms with E-state index in [4.69, 9.17) is 0 Å². The SMILES string of the molecule is C/C(=N/N(C)C)c1ccc(S(=O)c2ccc(/C(C)=N\N(C)C)cc2)cc1. The zero-order valence-electron chi connectivity index (χ0n) is 16.2.